The standard InChI is InChI=1S/C12H12BrClN4S/c1-2-5-16-12-17-7-9(14)11(18-12)19-10-8(13)4-3-6-15-10/h3-4,6-7H,2,5H2,1H3,(H,16,17,18). The van der Waals surface area contributed by atoms with Crippen LogP contribution in [0, 0.1) is 0 Å². The number of anilines is 1. The molecular weight excluding hydrogens is 348 g/mol. The van der Waals surface area contributed by atoms with E-state index < -0.39 is 0 Å². The monoisotopic (exact) mass is 358 g/mol. The Kier molecular flexibility index (Phi) is 5.42. The molecule has 2 aromatic rings. The van der Waals surface area contributed by atoms with Crippen LogP contribution in [0.3, 0.4) is 0 Å². The van der Waals surface area contributed by atoms with Crippen LogP contribution in [0.25, 0.3) is 0 Å². The summed E-state index contributed by atoms with van der Waals surface area (Å²) in [5, 5.41) is 5.17. The second-order valence-electron chi connectivity index (χ2n) is 3.67. The Morgan fingerprint density at radius 2 is 2.21 bits per heavy atom. The molecule has 0 amide bonds. The molecule has 2 heterocycles. The lowest BCUT2D eigenvalue weighted by Gasteiger charge is -2.07. The summed E-state index contributed by atoms with van der Waals surface area (Å²) in [4.78, 5) is 12.8. The molecule has 19 heavy (non-hydrogen) atoms. The van der Waals surface area contributed by atoms with Gasteiger partial charge in [-0.15, -0.1) is 0 Å². The van der Waals surface area contributed by atoms with Gasteiger partial charge >= 0.3 is 0 Å². The van der Waals surface area contributed by atoms with Crippen molar-refractivity contribution < 1.29 is 0 Å². The van der Waals surface area contributed by atoms with Crippen LogP contribution in [0.5, 0.6) is 0 Å². The van der Waals surface area contributed by atoms with Gasteiger partial charge in [-0.25, -0.2) is 15.0 Å². The minimum Gasteiger partial charge on any atom is -0.354 e. The van der Waals surface area contributed by atoms with Crippen LogP contribution in [0.4, 0.5) is 5.95 Å². The summed E-state index contributed by atoms with van der Waals surface area (Å²) < 4.78 is 0.915. The Bertz CT molecular complexity index is 567. The van der Waals surface area contributed by atoms with Gasteiger partial charge in [0.2, 0.25) is 5.95 Å². The van der Waals surface area contributed by atoms with Crippen molar-refractivity contribution in [2.24, 2.45) is 0 Å². The lowest BCUT2D eigenvalue weighted by Crippen LogP contribution is -2.04. The fraction of sp³-hybridized carbons (Fsp3) is 0.250. The van der Waals surface area contributed by atoms with Crippen molar-refractivity contribution in [3.63, 3.8) is 0 Å². The maximum absolute atomic E-state index is 6.12. The number of pyridine rings is 1. The maximum atomic E-state index is 6.12. The highest BCUT2D eigenvalue weighted by Gasteiger charge is 2.10. The van der Waals surface area contributed by atoms with Crippen LogP contribution in [-0.4, -0.2) is 21.5 Å². The van der Waals surface area contributed by atoms with E-state index in [1.807, 2.05) is 12.1 Å². The molecule has 0 aliphatic rings. The fourth-order valence-electron chi connectivity index (χ4n) is 1.28. The lowest BCUT2D eigenvalue weighted by molar-refractivity contribution is 0.934. The van der Waals surface area contributed by atoms with E-state index in [2.05, 4.69) is 43.1 Å². The highest BCUT2D eigenvalue weighted by Crippen LogP contribution is 2.34. The Hall–Kier alpha value is -0.850. The number of aromatic nitrogens is 3. The number of nitrogens with one attached hydrogen (secondary N) is 1. The molecule has 1 N–H and O–H groups in total. The third-order valence-corrected chi connectivity index (χ3v) is 4.48. The van der Waals surface area contributed by atoms with Gasteiger partial charge in [0.15, 0.2) is 0 Å². The molecule has 2 rings (SSSR count). The second kappa shape index (κ2) is 7.07. The Balaban J connectivity index is 2.21. The van der Waals surface area contributed by atoms with E-state index in [0.29, 0.717) is 16.0 Å². The summed E-state index contributed by atoms with van der Waals surface area (Å²) in [6.45, 7) is 2.92. The Labute approximate surface area is 129 Å². The predicted octanol–water partition coefficient (Wildman–Crippen LogP) is 4.26. The zero-order valence-corrected chi connectivity index (χ0v) is 13.4. The minimum atomic E-state index is 0.518. The highest BCUT2D eigenvalue weighted by atomic mass is 79.9. The molecule has 0 fully saturated rings. The Morgan fingerprint density at radius 3 is 2.95 bits per heavy atom. The molecule has 0 atom stereocenters. The first-order chi connectivity index (χ1) is 9.20. The predicted molar refractivity (Wildman–Crippen MR) is 81.9 cm³/mol. The molecule has 0 saturated carbocycles. The minimum absolute atomic E-state index is 0.518. The van der Waals surface area contributed by atoms with Crippen molar-refractivity contribution >= 4 is 45.2 Å². The molecule has 4 nitrogen and oxygen atoms in total. The number of nitrogens with zero attached hydrogens (tertiary/aromatic N) is 3. The van der Waals surface area contributed by atoms with Crippen LogP contribution in [0.15, 0.2) is 39.1 Å². The SMILES string of the molecule is CCCNc1ncc(Cl)c(Sc2ncccc2Br)n1. The fourth-order valence-corrected chi connectivity index (χ4v) is 2.73. The summed E-state index contributed by atoms with van der Waals surface area (Å²) in [5.74, 6) is 0.584. The molecule has 0 spiro atoms. The second-order valence-corrected chi connectivity index (χ2v) is 5.90. The Morgan fingerprint density at radius 1 is 1.37 bits per heavy atom. The van der Waals surface area contributed by atoms with Gasteiger partial charge in [0, 0.05) is 12.7 Å². The smallest absolute Gasteiger partial charge is 0.223 e. The molecule has 0 saturated heterocycles. The van der Waals surface area contributed by atoms with Crippen LogP contribution >= 0.6 is 39.3 Å². The van der Waals surface area contributed by atoms with Gasteiger partial charge in [0.25, 0.3) is 0 Å². The molecule has 0 aliphatic heterocycles. The highest BCUT2D eigenvalue weighted by molar-refractivity contribution is 9.10. The van der Waals surface area contributed by atoms with Crippen LogP contribution in [0.1, 0.15) is 13.3 Å². The quantitative estimate of drug-likeness (QED) is 0.808. The third-order valence-electron chi connectivity index (χ3n) is 2.16. The first-order valence-electron chi connectivity index (χ1n) is 5.75. The summed E-state index contributed by atoms with van der Waals surface area (Å²) in [6.07, 6.45) is 4.35. The van der Waals surface area contributed by atoms with E-state index >= 15 is 0 Å². The topological polar surface area (TPSA) is 50.7 Å². The van der Waals surface area contributed by atoms with E-state index in [9.17, 15) is 0 Å². The van der Waals surface area contributed by atoms with Gasteiger partial charge < -0.3 is 5.32 Å². The van der Waals surface area contributed by atoms with Gasteiger partial charge in [-0.2, -0.15) is 0 Å². The van der Waals surface area contributed by atoms with Gasteiger partial charge in [0.05, 0.1) is 15.7 Å². The zero-order chi connectivity index (χ0) is 13.7. The first-order valence-corrected chi connectivity index (χ1v) is 7.74. The van der Waals surface area contributed by atoms with Gasteiger partial charge in [0.1, 0.15) is 10.1 Å². The van der Waals surface area contributed by atoms with Crippen LogP contribution in [-0.2, 0) is 0 Å². The largest absolute Gasteiger partial charge is 0.354 e. The number of hydrogen-bond acceptors (Lipinski definition) is 5. The van der Waals surface area contributed by atoms with E-state index in [1.54, 1.807) is 12.4 Å². The first kappa shape index (κ1) is 14.6. The van der Waals surface area contributed by atoms with Gasteiger partial charge in [-0.05, 0) is 46.2 Å². The summed E-state index contributed by atoms with van der Waals surface area (Å²) >= 11 is 11.0. The van der Waals surface area contributed by atoms with Crippen LogP contribution in [0.2, 0.25) is 5.02 Å². The van der Waals surface area contributed by atoms with E-state index in [4.69, 9.17) is 11.6 Å². The van der Waals surface area contributed by atoms with E-state index in [1.165, 1.54) is 11.8 Å². The average molecular weight is 360 g/mol. The van der Waals surface area contributed by atoms with Crippen molar-refractivity contribution in [3.05, 3.63) is 34.0 Å². The molecule has 0 aromatic carbocycles. The number of rotatable bonds is 5. The van der Waals surface area contributed by atoms with Crippen molar-refractivity contribution in [2.75, 3.05) is 11.9 Å². The molecule has 7 heteroatoms. The van der Waals surface area contributed by atoms with Crippen molar-refractivity contribution in [3.8, 4) is 0 Å². The van der Waals surface area contributed by atoms with E-state index in [-0.39, 0.29) is 0 Å². The lowest BCUT2D eigenvalue weighted by atomic mass is 10.5. The molecule has 0 aliphatic carbocycles. The molecule has 0 radical (unpaired) electrons. The molecule has 2 aromatic heterocycles. The number of halogens is 2. The van der Waals surface area contributed by atoms with Crippen molar-refractivity contribution in [1.82, 2.24) is 15.0 Å². The normalized spacial score (nSPS) is 10.5. The molecule has 0 unspecified atom stereocenters. The van der Waals surface area contributed by atoms with E-state index in [0.717, 1.165) is 22.5 Å². The average Bonchev–Trinajstić information content (AvgIpc) is 2.42. The van der Waals surface area contributed by atoms with Gasteiger partial charge in [-0.3, -0.25) is 0 Å². The van der Waals surface area contributed by atoms with Crippen molar-refractivity contribution in [2.45, 2.75) is 23.4 Å². The summed E-state index contributed by atoms with van der Waals surface area (Å²) in [7, 11) is 0. The number of hydrogen-bond donors (Lipinski definition) is 1. The van der Waals surface area contributed by atoms with Crippen LogP contribution < -0.4 is 5.32 Å². The molecule has 100 valence electrons. The summed E-state index contributed by atoms with van der Waals surface area (Å²) in [6, 6.07) is 3.80. The zero-order valence-electron chi connectivity index (χ0n) is 10.2. The van der Waals surface area contributed by atoms with Crippen molar-refractivity contribution in [1.29, 1.82) is 0 Å². The molecular formula is C12H12BrClN4S. The van der Waals surface area contributed by atoms with Gasteiger partial charge in [-0.1, -0.05) is 18.5 Å². The maximum Gasteiger partial charge on any atom is 0.223 e. The molecule has 0 bridgehead atoms. The summed E-state index contributed by atoms with van der Waals surface area (Å²) in [5.41, 5.74) is 0. The third kappa shape index (κ3) is 4.06.